The summed E-state index contributed by atoms with van der Waals surface area (Å²) in [7, 11) is 0. The highest BCUT2D eigenvalue weighted by Gasteiger charge is 2.20. The van der Waals surface area contributed by atoms with Crippen LogP contribution in [0.25, 0.3) is 0 Å². The van der Waals surface area contributed by atoms with E-state index in [0.29, 0.717) is 37.4 Å². The highest BCUT2D eigenvalue weighted by atomic mass is 35.5. The van der Waals surface area contributed by atoms with Gasteiger partial charge in [0.1, 0.15) is 18.2 Å². The molecule has 3 N–H and O–H groups in total. The predicted octanol–water partition coefficient (Wildman–Crippen LogP) is 3.27. The zero-order valence-corrected chi connectivity index (χ0v) is 13.6. The van der Waals surface area contributed by atoms with E-state index in [1.54, 1.807) is 6.07 Å². The van der Waals surface area contributed by atoms with Crippen LogP contribution in [0.4, 0.5) is 9.18 Å². The highest BCUT2D eigenvalue weighted by Crippen LogP contribution is 2.24. The number of rotatable bonds is 7. The van der Waals surface area contributed by atoms with Crippen LogP contribution in [0, 0.1) is 11.7 Å². The van der Waals surface area contributed by atoms with E-state index in [2.05, 4.69) is 10.6 Å². The average molecular weight is 345 g/mol. The molecule has 0 saturated heterocycles. The summed E-state index contributed by atoms with van der Waals surface area (Å²) in [6.45, 7) is 1.68. The second-order valence-corrected chi connectivity index (χ2v) is 6.19. The van der Waals surface area contributed by atoms with E-state index in [-0.39, 0.29) is 5.02 Å². The van der Waals surface area contributed by atoms with Gasteiger partial charge in [0.05, 0.1) is 5.02 Å². The average Bonchev–Trinajstić information content (AvgIpc) is 2.54. The van der Waals surface area contributed by atoms with Gasteiger partial charge in [-0.1, -0.05) is 11.6 Å². The van der Waals surface area contributed by atoms with E-state index in [9.17, 15) is 9.18 Å². The Hall–Kier alpha value is -1.53. The summed E-state index contributed by atoms with van der Waals surface area (Å²) in [6, 6.07) is 4.84. The molecule has 1 aromatic carbocycles. The lowest BCUT2D eigenvalue weighted by molar-refractivity contribution is 0.188. The molecular weight excluding hydrogens is 323 g/mol. The highest BCUT2D eigenvalue weighted by molar-refractivity contribution is 6.30. The van der Waals surface area contributed by atoms with Crippen LogP contribution < -0.4 is 15.4 Å². The lowest BCUT2D eigenvalue weighted by Gasteiger charge is -2.29. The van der Waals surface area contributed by atoms with Crippen molar-refractivity contribution in [2.45, 2.75) is 31.7 Å². The van der Waals surface area contributed by atoms with Crippen LogP contribution in [0.1, 0.15) is 25.7 Å². The summed E-state index contributed by atoms with van der Waals surface area (Å²) >= 11 is 5.62. The number of hydrogen-bond acceptors (Lipinski definition) is 3. The summed E-state index contributed by atoms with van der Waals surface area (Å²) < 4.78 is 18.7. The first-order chi connectivity index (χ1) is 11.0. The van der Waals surface area contributed by atoms with E-state index in [1.807, 2.05) is 0 Å². The molecule has 2 rings (SSSR count). The molecule has 0 unspecified atom stereocenters. The van der Waals surface area contributed by atoms with Crippen molar-refractivity contribution in [3.05, 3.63) is 29.0 Å². The fraction of sp³-hybridized carbons (Fsp3) is 0.562. The number of carbonyl (C=O) groups is 1. The van der Waals surface area contributed by atoms with Crippen molar-refractivity contribution in [3.63, 3.8) is 0 Å². The summed E-state index contributed by atoms with van der Waals surface area (Å²) in [5, 5.41) is 14.6. The first kappa shape index (κ1) is 17.8. The van der Waals surface area contributed by atoms with Gasteiger partial charge in [-0.05, 0) is 43.7 Å². The minimum atomic E-state index is -0.957. The number of halogens is 2. The molecule has 1 amide bonds. The van der Waals surface area contributed by atoms with Crippen LogP contribution >= 0.6 is 11.6 Å². The standard InChI is InChI=1S/C16H22ClFN2O3/c17-14-6-5-13(9-15(14)18)23-8-7-19-12-3-1-11(2-4-12)10-20-16(21)22/h5-6,9,11-12,19-20H,1-4,7-8,10H2,(H,21,22). The molecule has 0 aromatic heterocycles. The van der Waals surface area contributed by atoms with Crippen LogP contribution in [-0.4, -0.2) is 36.9 Å². The van der Waals surface area contributed by atoms with Crippen LogP contribution in [0.5, 0.6) is 5.75 Å². The lowest BCUT2D eigenvalue weighted by Crippen LogP contribution is -2.38. The van der Waals surface area contributed by atoms with Gasteiger partial charge in [-0.25, -0.2) is 9.18 Å². The second kappa shape index (κ2) is 8.93. The first-order valence-electron chi connectivity index (χ1n) is 7.82. The molecular formula is C16H22ClFN2O3. The minimum absolute atomic E-state index is 0.0876. The Morgan fingerprint density at radius 1 is 1.35 bits per heavy atom. The third kappa shape index (κ3) is 6.23. The topological polar surface area (TPSA) is 70.6 Å². The van der Waals surface area contributed by atoms with Gasteiger partial charge in [0, 0.05) is 25.2 Å². The van der Waals surface area contributed by atoms with E-state index < -0.39 is 11.9 Å². The maximum atomic E-state index is 13.3. The van der Waals surface area contributed by atoms with Crippen molar-refractivity contribution in [3.8, 4) is 5.75 Å². The van der Waals surface area contributed by atoms with Gasteiger partial charge in [0.25, 0.3) is 0 Å². The largest absolute Gasteiger partial charge is 0.492 e. The minimum Gasteiger partial charge on any atom is -0.492 e. The number of nitrogens with one attached hydrogen (secondary N) is 2. The van der Waals surface area contributed by atoms with Crippen molar-refractivity contribution < 1.29 is 19.0 Å². The van der Waals surface area contributed by atoms with Crippen LogP contribution in [0.2, 0.25) is 5.02 Å². The molecule has 128 valence electrons. The smallest absolute Gasteiger partial charge is 0.404 e. The molecule has 0 radical (unpaired) electrons. The van der Waals surface area contributed by atoms with Crippen molar-refractivity contribution >= 4 is 17.7 Å². The monoisotopic (exact) mass is 344 g/mol. The fourth-order valence-corrected chi connectivity index (χ4v) is 2.92. The van der Waals surface area contributed by atoms with Crippen molar-refractivity contribution in [1.82, 2.24) is 10.6 Å². The Balaban J connectivity index is 1.58. The molecule has 0 spiro atoms. The molecule has 1 aliphatic rings. The van der Waals surface area contributed by atoms with E-state index in [1.165, 1.54) is 12.1 Å². The van der Waals surface area contributed by atoms with Crippen molar-refractivity contribution in [2.24, 2.45) is 5.92 Å². The van der Waals surface area contributed by atoms with E-state index in [4.69, 9.17) is 21.4 Å². The third-order valence-electron chi connectivity index (χ3n) is 4.08. The normalized spacial score (nSPS) is 21.0. The van der Waals surface area contributed by atoms with Gasteiger partial charge >= 0.3 is 6.09 Å². The van der Waals surface area contributed by atoms with Gasteiger partial charge in [-0.15, -0.1) is 0 Å². The third-order valence-corrected chi connectivity index (χ3v) is 4.39. The SMILES string of the molecule is O=C(O)NCC1CCC(NCCOc2ccc(Cl)c(F)c2)CC1. The van der Waals surface area contributed by atoms with Crippen LogP contribution in [-0.2, 0) is 0 Å². The van der Waals surface area contributed by atoms with E-state index in [0.717, 1.165) is 25.7 Å². The molecule has 7 heteroatoms. The van der Waals surface area contributed by atoms with Gasteiger partial charge in [-0.3, -0.25) is 0 Å². The number of ether oxygens (including phenoxy) is 1. The summed E-state index contributed by atoms with van der Waals surface area (Å²) in [5.74, 6) is 0.417. The Kier molecular flexibility index (Phi) is 6.92. The van der Waals surface area contributed by atoms with Crippen molar-refractivity contribution in [1.29, 1.82) is 0 Å². The Morgan fingerprint density at radius 3 is 2.74 bits per heavy atom. The Bertz CT molecular complexity index is 522. The Labute approximate surface area is 140 Å². The number of hydrogen-bond donors (Lipinski definition) is 3. The molecule has 0 atom stereocenters. The van der Waals surface area contributed by atoms with Crippen molar-refractivity contribution in [2.75, 3.05) is 19.7 Å². The quantitative estimate of drug-likeness (QED) is 0.664. The Morgan fingerprint density at radius 2 is 2.09 bits per heavy atom. The molecule has 0 heterocycles. The summed E-state index contributed by atoms with van der Waals surface area (Å²) in [6.07, 6.45) is 3.13. The first-order valence-corrected chi connectivity index (χ1v) is 8.20. The number of amides is 1. The molecule has 1 fully saturated rings. The number of benzene rings is 1. The maximum Gasteiger partial charge on any atom is 0.404 e. The van der Waals surface area contributed by atoms with Gasteiger partial charge in [0.15, 0.2) is 0 Å². The molecule has 0 bridgehead atoms. The molecule has 1 saturated carbocycles. The molecule has 0 aliphatic heterocycles. The van der Waals surface area contributed by atoms with E-state index >= 15 is 0 Å². The summed E-state index contributed by atoms with van der Waals surface area (Å²) in [5.41, 5.74) is 0. The fourth-order valence-electron chi connectivity index (χ4n) is 2.80. The molecule has 23 heavy (non-hydrogen) atoms. The maximum absolute atomic E-state index is 13.3. The summed E-state index contributed by atoms with van der Waals surface area (Å²) in [4.78, 5) is 10.5. The van der Waals surface area contributed by atoms with Crippen LogP contribution in [0.15, 0.2) is 18.2 Å². The zero-order valence-electron chi connectivity index (χ0n) is 12.9. The zero-order chi connectivity index (χ0) is 16.7. The van der Waals surface area contributed by atoms with Gasteiger partial charge in [0.2, 0.25) is 0 Å². The lowest BCUT2D eigenvalue weighted by atomic mass is 9.86. The number of carboxylic acid groups (broad SMARTS) is 1. The van der Waals surface area contributed by atoms with Gasteiger partial charge < -0.3 is 20.5 Å². The van der Waals surface area contributed by atoms with Crippen LogP contribution in [0.3, 0.4) is 0 Å². The predicted molar refractivity (Wildman–Crippen MR) is 86.7 cm³/mol. The molecule has 1 aliphatic carbocycles. The molecule has 1 aromatic rings. The van der Waals surface area contributed by atoms with Gasteiger partial charge in [-0.2, -0.15) is 0 Å². The second-order valence-electron chi connectivity index (χ2n) is 5.78. The molecule has 5 nitrogen and oxygen atoms in total.